The van der Waals surface area contributed by atoms with E-state index in [-0.39, 0.29) is 4.90 Å². The molecule has 0 saturated carbocycles. The normalized spacial score (nSPS) is 11.6. The summed E-state index contributed by atoms with van der Waals surface area (Å²) >= 11 is 0. The van der Waals surface area contributed by atoms with Gasteiger partial charge in [0.2, 0.25) is 10.0 Å². The lowest BCUT2D eigenvalue weighted by molar-refractivity contribution is 0.325. The SMILES string of the molecule is Cc1cccc(N(C)CCOc2ccc(S(=O)(=O)N(C)C)cc2)c1C. The minimum absolute atomic E-state index is 0.261. The van der Waals surface area contributed by atoms with Crippen molar-refractivity contribution in [2.24, 2.45) is 0 Å². The number of hydrogen-bond donors (Lipinski definition) is 0. The van der Waals surface area contributed by atoms with Crippen LogP contribution in [0.1, 0.15) is 11.1 Å². The first-order valence-corrected chi connectivity index (χ1v) is 9.60. The second-order valence-corrected chi connectivity index (χ2v) is 8.40. The molecule has 5 nitrogen and oxygen atoms in total. The van der Waals surface area contributed by atoms with Gasteiger partial charge in [-0.25, -0.2) is 12.7 Å². The molecule has 6 heteroatoms. The monoisotopic (exact) mass is 362 g/mol. The summed E-state index contributed by atoms with van der Waals surface area (Å²) in [5.41, 5.74) is 3.72. The fourth-order valence-corrected chi connectivity index (χ4v) is 3.39. The Morgan fingerprint density at radius 1 is 0.960 bits per heavy atom. The Balaban J connectivity index is 1.95. The molecule has 0 unspecified atom stereocenters. The van der Waals surface area contributed by atoms with E-state index >= 15 is 0 Å². The third kappa shape index (κ3) is 4.52. The van der Waals surface area contributed by atoms with E-state index in [2.05, 4.69) is 36.9 Å². The highest BCUT2D eigenvalue weighted by Crippen LogP contribution is 2.22. The number of rotatable bonds is 7. The largest absolute Gasteiger partial charge is 0.492 e. The molecule has 0 N–H and O–H groups in total. The summed E-state index contributed by atoms with van der Waals surface area (Å²) in [5.74, 6) is 0.659. The van der Waals surface area contributed by atoms with Gasteiger partial charge in [-0.1, -0.05) is 12.1 Å². The Bertz CT molecular complexity index is 815. The van der Waals surface area contributed by atoms with Crippen LogP contribution in [-0.2, 0) is 10.0 Å². The molecule has 2 aromatic carbocycles. The van der Waals surface area contributed by atoms with Crippen LogP contribution in [0.4, 0.5) is 5.69 Å². The Labute approximate surface area is 150 Å². The zero-order valence-electron chi connectivity index (χ0n) is 15.5. The van der Waals surface area contributed by atoms with E-state index in [0.29, 0.717) is 12.4 Å². The summed E-state index contributed by atoms with van der Waals surface area (Å²) in [5, 5.41) is 0. The molecule has 0 aliphatic rings. The third-order valence-corrected chi connectivity index (χ3v) is 6.11. The van der Waals surface area contributed by atoms with Crippen LogP contribution in [0.25, 0.3) is 0 Å². The molecule has 0 bridgehead atoms. The van der Waals surface area contributed by atoms with E-state index < -0.39 is 10.0 Å². The van der Waals surface area contributed by atoms with Crippen LogP contribution >= 0.6 is 0 Å². The molecule has 2 aromatic rings. The Kier molecular flexibility index (Phi) is 6.08. The van der Waals surface area contributed by atoms with Gasteiger partial charge in [0.05, 0.1) is 11.4 Å². The smallest absolute Gasteiger partial charge is 0.242 e. The zero-order valence-corrected chi connectivity index (χ0v) is 16.3. The lowest BCUT2D eigenvalue weighted by Gasteiger charge is -2.22. The maximum Gasteiger partial charge on any atom is 0.242 e. The minimum atomic E-state index is -3.40. The Hall–Kier alpha value is -2.05. The molecule has 0 aliphatic carbocycles. The summed E-state index contributed by atoms with van der Waals surface area (Å²) in [4.78, 5) is 2.42. The molecule has 0 aliphatic heterocycles. The number of benzene rings is 2. The van der Waals surface area contributed by atoms with Crippen molar-refractivity contribution in [3.8, 4) is 5.75 Å². The van der Waals surface area contributed by atoms with Gasteiger partial charge in [0, 0.05) is 26.8 Å². The van der Waals surface area contributed by atoms with Crippen LogP contribution in [0.3, 0.4) is 0 Å². The van der Waals surface area contributed by atoms with Gasteiger partial charge in [-0.3, -0.25) is 0 Å². The van der Waals surface area contributed by atoms with Crippen molar-refractivity contribution >= 4 is 15.7 Å². The van der Waals surface area contributed by atoms with Gasteiger partial charge in [-0.2, -0.15) is 0 Å². The van der Waals surface area contributed by atoms with Crippen LogP contribution in [0.5, 0.6) is 5.75 Å². The summed E-state index contributed by atoms with van der Waals surface area (Å²) in [7, 11) is 1.67. The van der Waals surface area contributed by atoms with Crippen LogP contribution in [-0.4, -0.2) is 47.0 Å². The summed E-state index contributed by atoms with van der Waals surface area (Å²) in [6, 6.07) is 12.8. The topological polar surface area (TPSA) is 49.9 Å². The first kappa shape index (κ1) is 19.3. The van der Waals surface area contributed by atoms with Gasteiger partial charge < -0.3 is 9.64 Å². The lowest BCUT2D eigenvalue weighted by atomic mass is 10.1. The van der Waals surface area contributed by atoms with E-state index in [4.69, 9.17) is 4.74 Å². The van der Waals surface area contributed by atoms with Gasteiger partial charge in [0.25, 0.3) is 0 Å². The number of anilines is 1. The van der Waals surface area contributed by atoms with Crippen molar-refractivity contribution in [1.82, 2.24) is 4.31 Å². The maximum atomic E-state index is 12.0. The molecule has 0 saturated heterocycles. The number of sulfonamides is 1. The Morgan fingerprint density at radius 2 is 1.60 bits per heavy atom. The quantitative estimate of drug-likeness (QED) is 0.760. The molecule has 0 atom stereocenters. The average Bonchev–Trinajstić information content (AvgIpc) is 2.57. The molecule has 0 spiro atoms. The highest BCUT2D eigenvalue weighted by molar-refractivity contribution is 7.89. The number of ether oxygens (including phenoxy) is 1. The highest BCUT2D eigenvalue weighted by atomic mass is 32.2. The van der Waals surface area contributed by atoms with Crippen molar-refractivity contribution in [3.63, 3.8) is 0 Å². The maximum absolute atomic E-state index is 12.0. The van der Waals surface area contributed by atoms with Gasteiger partial charge >= 0.3 is 0 Å². The fourth-order valence-electron chi connectivity index (χ4n) is 2.49. The van der Waals surface area contributed by atoms with Gasteiger partial charge in [-0.05, 0) is 55.3 Å². The number of aryl methyl sites for hydroxylation is 1. The van der Waals surface area contributed by atoms with Crippen molar-refractivity contribution in [2.75, 3.05) is 39.2 Å². The van der Waals surface area contributed by atoms with E-state index in [9.17, 15) is 8.42 Å². The molecule has 0 heterocycles. The summed E-state index contributed by atoms with van der Waals surface area (Å²) in [6.07, 6.45) is 0. The first-order chi connectivity index (χ1) is 11.7. The minimum Gasteiger partial charge on any atom is -0.492 e. The predicted molar refractivity (Wildman–Crippen MR) is 102 cm³/mol. The summed E-state index contributed by atoms with van der Waals surface area (Å²) in [6.45, 7) is 5.48. The van der Waals surface area contributed by atoms with Crippen molar-refractivity contribution in [1.29, 1.82) is 0 Å². The number of nitrogens with zero attached hydrogens (tertiary/aromatic N) is 2. The second kappa shape index (κ2) is 7.89. The number of likely N-dealkylation sites (N-methyl/N-ethyl adjacent to an activating group) is 1. The summed E-state index contributed by atoms with van der Waals surface area (Å²) < 4.78 is 31.0. The Morgan fingerprint density at radius 3 is 2.20 bits per heavy atom. The molecule has 25 heavy (non-hydrogen) atoms. The van der Waals surface area contributed by atoms with Crippen LogP contribution in [0, 0.1) is 13.8 Å². The first-order valence-electron chi connectivity index (χ1n) is 8.16. The van der Waals surface area contributed by atoms with Crippen LogP contribution < -0.4 is 9.64 Å². The molecule has 0 aromatic heterocycles. The molecule has 2 rings (SSSR count). The van der Waals surface area contributed by atoms with E-state index in [1.165, 1.54) is 35.2 Å². The van der Waals surface area contributed by atoms with Gasteiger partial charge in [0.15, 0.2) is 0 Å². The lowest BCUT2D eigenvalue weighted by Crippen LogP contribution is -2.24. The van der Waals surface area contributed by atoms with Crippen molar-refractivity contribution in [2.45, 2.75) is 18.7 Å². The fraction of sp³-hybridized carbons (Fsp3) is 0.368. The molecular formula is C19H26N2O3S. The number of hydrogen-bond acceptors (Lipinski definition) is 4. The average molecular weight is 362 g/mol. The predicted octanol–water partition coefficient (Wildman–Crippen LogP) is 3.07. The van der Waals surface area contributed by atoms with Crippen LogP contribution in [0.2, 0.25) is 0 Å². The molecule has 0 fully saturated rings. The van der Waals surface area contributed by atoms with E-state index in [1.807, 2.05) is 7.05 Å². The van der Waals surface area contributed by atoms with Gasteiger partial charge in [0.1, 0.15) is 12.4 Å². The molecule has 0 amide bonds. The highest BCUT2D eigenvalue weighted by Gasteiger charge is 2.16. The zero-order chi connectivity index (χ0) is 18.6. The van der Waals surface area contributed by atoms with Crippen molar-refractivity contribution in [3.05, 3.63) is 53.6 Å². The molecule has 0 radical (unpaired) electrons. The second-order valence-electron chi connectivity index (χ2n) is 6.25. The molecular weight excluding hydrogens is 336 g/mol. The van der Waals surface area contributed by atoms with E-state index in [0.717, 1.165) is 6.54 Å². The molecule has 136 valence electrons. The van der Waals surface area contributed by atoms with E-state index in [1.54, 1.807) is 24.3 Å². The van der Waals surface area contributed by atoms with Gasteiger partial charge in [-0.15, -0.1) is 0 Å². The van der Waals surface area contributed by atoms with Crippen LogP contribution in [0.15, 0.2) is 47.4 Å². The standard InChI is InChI=1S/C19H26N2O3S/c1-15-7-6-8-19(16(15)2)21(5)13-14-24-17-9-11-18(12-10-17)25(22,23)20(3)4/h6-12H,13-14H2,1-5H3. The van der Waals surface area contributed by atoms with Crippen molar-refractivity contribution < 1.29 is 13.2 Å². The third-order valence-electron chi connectivity index (χ3n) is 4.29.